The number of isothiocyanates is 1. The van der Waals surface area contributed by atoms with Crippen molar-refractivity contribution in [3.63, 3.8) is 0 Å². The lowest BCUT2D eigenvalue weighted by molar-refractivity contribution is -0.288. The van der Waals surface area contributed by atoms with Gasteiger partial charge in [-0.3, -0.25) is 19.2 Å². The minimum absolute atomic E-state index is 0.291. The molecule has 0 saturated carbocycles. The van der Waals surface area contributed by atoms with Crippen LogP contribution < -0.4 is 4.74 Å². The smallest absolute Gasteiger partial charge is 0.303 e. The fourth-order valence-corrected chi connectivity index (χ4v) is 3.18. The highest BCUT2D eigenvalue weighted by atomic mass is 32.1. The molecule has 0 radical (unpaired) electrons. The summed E-state index contributed by atoms with van der Waals surface area (Å²) in [5, 5.41) is 2.24. The van der Waals surface area contributed by atoms with Crippen molar-refractivity contribution in [2.45, 2.75) is 58.4 Å². The van der Waals surface area contributed by atoms with Crippen molar-refractivity contribution < 1.29 is 47.6 Å². The van der Waals surface area contributed by atoms with Crippen LogP contribution in [-0.2, 0) is 42.9 Å². The lowest BCUT2D eigenvalue weighted by atomic mass is 9.98. The molecule has 0 bridgehead atoms. The van der Waals surface area contributed by atoms with Gasteiger partial charge in [-0.2, -0.15) is 4.99 Å². The van der Waals surface area contributed by atoms with Crippen LogP contribution in [0.4, 0.5) is 5.69 Å². The highest BCUT2D eigenvalue weighted by Gasteiger charge is 2.53. The number of rotatable bonds is 8. The van der Waals surface area contributed by atoms with E-state index in [0.29, 0.717) is 11.4 Å². The van der Waals surface area contributed by atoms with Crippen LogP contribution in [-0.4, -0.2) is 66.4 Å². The molecular weight excluding hydrogens is 458 g/mol. The minimum Gasteiger partial charge on any atom is -0.463 e. The lowest BCUT2D eigenvalue weighted by Crippen LogP contribution is -2.63. The van der Waals surface area contributed by atoms with Crippen molar-refractivity contribution in [3.05, 3.63) is 24.3 Å². The summed E-state index contributed by atoms with van der Waals surface area (Å²) in [6.07, 6.45) is -6.30. The Bertz CT molecular complexity index is 927. The summed E-state index contributed by atoms with van der Waals surface area (Å²) >= 11 is 4.57. The Kier molecular flexibility index (Phi) is 9.46. The van der Waals surface area contributed by atoms with Gasteiger partial charge in [-0.25, -0.2) is 0 Å². The normalized spacial score (nSPS) is 23.9. The van der Waals surface area contributed by atoms with Crippen molar-refractivity contribution in [1.29, 1.82) is 0 Å². The SMILES string of the molecule is CC(=O)OC[C@H]1O[C@H](Oc2ccc(N=C=S)cc2)[C@@H](OC(C)=O)[C@@H](OC(C)=O)[C@@H]1OC(C)=O. The Hall–Kier alpha value is -3.34. The lowest BCUT2D eigenvalue weighted by Gasteiger charge is -2.43. The van der Waals surface area contributed by atoms with Crippen LogP contribution in [0.1, 0.15) is 27.7 Å². The van der Waals surface area contributed by atoms with Crippen molar-refractivity contribution in [1.82, 2.24) is 0 Å². The predicted octanol–water partition coefficient (Wildman–Crippen LogP) is 1.88. The Morgan fingerprint density at radius 3 is 1.94 bits per heavy atom. The van der Waals surface area contributed by atoms with Gasteiger partial charge in [0.25, 0.3) is 0 Å². The first kappa shape index (κ1) is 25.9. The number of nitrogens with zero attached hydrogens (tertiary/aromatic N) is 1. The van der Waals surface area contributed by atoms with Crippen molar-refractivity contribution in [3.8, 4) is 5.75 Å². The third-order valence-electron chi connectivity index (χ3n) is 4.21. The van der Waals surface area contributed by atoms with Crippen LogP contribution in [0.3, 0.4) is 0 Å². The van der Waals surface area contributed by atoms with Gasteiger partial charge in [0.2, 0.25) is 12.4 Å². The number of thiocarbonyl (C=S) groups is 1. The molecule has 0 amide bonds. The van der Waals surface area contributed by atoms with Gasteiger partial charge in [0.1, 0.15) is 18.5 Å². The number of ether oxygens (including phenoxy) is 6. The number of benzene rings is 1. The van der Waals surface area contributed by atoms with Gasteiger partial charge in [-0.05, 0) is 36.5 Å². The molecule has 1 aromatic rings. The molecule has 33 heavy (non-hydrogen) atoms. The molecule has 1 saturated heterocycles. The van der Waals surface area contributed by atoms with Crippen LogP contribution >= 0.6 is 12.2 Å². The highest BCUT2D eigenvalue weighted by molar-refractivity contribution is 7.78. The van der Waals surface area contributed by atoms with Gasteiger partial charge >= 0.3 is 23.9 Å². The molecule has 0 N–H and O–H groups in total. The zero-order valence-corrected chi connectivity index (χ0v) is 19.2. The summed E-state index contributed by atoms with van der Waals surface area (Å²) in [6, 6.07) is 6.30. The van der Waals surface area contributed by atoms with E-state index in [-0.39, 0.29) is 6.61 Å². The molecule has 1 fully saturated rings. The molecule has 0 aromatic heterocycles. The van der Waals surface area contributed by atoms with Gasteiger partial charge in [-0.1, -0.05) is 0 Å². The monoisotopic (exact) mass is 481 g/mol. The van der Waals surface area contributed by atoms with Gasteiger partial charge in [0, 0.05) is 27.7 Å². The van der Waals surface area contributed by atoms with Gasteiger partial charge < -0.3 is 28.4 Å². The maximum atomic E-state index is 11.8. The maximum Gasteiger partial charge on any atom is 0.303 e. The summed E-state index contributed by atoms with van der Waals surface area (Å²) < 4.78 is 32.7. The van der Waals surface area contributed by atoms with E-state index in [0.717, 1.165) is 20.8 Å². The van der Waals surface area contributed by atoms with E-state index in [1.54, 1.807) is 24.3 Å². The number of hydrogen-bond acceptors (Lipinski definition) is 12. The van der Waals surface area contributed by atoms with Gasteiger partial charge in [0.15, 0.2) is 12.2 Å². The minimum atomic E-state index is -1.32. The van der Waals surface area contributed by atoms with E-state index in [1.165, 1.54) is 6.92 Å². The maximum absolute atomic E-state index is 11.8. The highest BCUT2D eigenvalue weighted by Crippen LogP contribution is 2.31. The average Bonchev–Trinajstić information content (AvgIpc) is 2.71. The molecule has 12 heteroatoms. The van der Waals surface area contributed by atoms with E-state index >= 15 is 0 Å². The van der Waals surface area contributed by atoms with Crippen LogP contribution in [0.25, 0.3) is 0 Å². The molecule has 5 atom stereocenters. The summed E-state index contributed by atoms with van der Waals surface area (Å²) in [6.45, 7) is 4.26. The number of carbonyl (C=O) groups is 4. The number of aliphatic imine (C=N–C) groups is 1. The van der Waals surface area contributed by atoms with E-state index in [2.05, 4.69) is 22.4 Å². The molecule has 1 aliphatic rings. The van der Waals surface area contributed by atoms with Crippen LogP contribution in [0.2, 0.25) is 0 Å². The summed E-state index contributed by atoms with van der Waals surface area (Å²) in [7, 11) is 0. The first-order valence-corrected chi connectivity index (χ1v) is 10.2. The van der Waals surface area contributed by atoms with Crippen LogP contribution in [0.15, 0.2) is 29.3 Å². The van der Waals surface area contributed by atoms with E-state index in [1.807, 2.05) is 0 Å². The zero-order valence-electron chi connectivity index (χ0n) is 18.3. The standard InChI is InChI=1S/C21H23NO10S/c1-11(23)27-9-17-18(28-12(2)24)19(29-13(3)25)20(30-14(4)26)21(32-17)31-16-7-5-15(6-8-16)22-10-33/h5-8,17-21H,9H2,1-4H3/t17-,18-,19+,20+,21+/m1/s1. The molecule has 1 aromatic carbocycles. The molecule has 0 spiro atoms. The largest absolute Gasteiger partial charge is 0.463 e. The number of carbonyl (C=O) groups excluding carboxylic acids is 4. The Morgan fingerprint density at radius 2 is 1.42 bits per heavy atom. The second-order valence-corrected chi connectivity index (χ2v) is 7.07. The topological polar surface area (TPSA) is 136 Å². The number of esters is 4. The summed E-state index contributed by atoms with van der Waals surface area (Å²) in [5.74, 6) is -2.49. The average molecular weight is 481 g/mol. The second kappa shape index (κ2) is 12.0. The van der Waals surface area contributed by atoms with Crippen molar-refractivity contribution >= 4 is 46.9 Å². The molecule has 0 unspecified atom stereocenters. The first-order chi connectivity index (χ1) is 15.6. The molecule has 1 heterocycles. The summed E-state index contributed by atoms with van der Waals surface area (Å²) in [5.41, 5.74) is 0.527. The van der Waals surface area contributed by atoms with Crippen molar-refractivity contribution in [2.24, 2.45) is 4.99 Å². The molecule has 178 valence electrons. The Morgan fingerprint density at radius 1 is 0.879 bits per heavy atom. The zero-order chi connectivity index (χ0) is 24.5. The van der Waals surface area contributed by atoms with Crippen LogP contribution in [0, 0.1) is 0 Å². The molecule has 0 aliphatic carbocycles. The predicted molar refractivity (Wildman–Crippen MR) is 114 cm³/mol. The molecule has 1 aliphatic heterocycles. The fourth-order valence-electron chi connectivity index (χ4n) is 3.07. The Labute approximate surface area is 194 Å². The number of hydrogen-bond donors (Lipinski definition) is 0. The van der Waals surface area contributed by atoms with Gasteiger partial charge in [0.05, 0.1) is 10.8 Å². The van der Waals surface area contributed by atoms with Gasteiger partial charge in [-0.15, -0.1) is 0 Å². The summed E-state index contributed by atoms with van der Waals surface area (Å²) in [4.78, 5) is 50.5. The third kappa shape index (κ3) is 7.94. The van der Waals surface area contributed by atoms with E-state index in [4.69, 9.17) is 28.4 Å². The molecule has 2 rings (SSSR count). The van der Waals surface area contributed by atoms with E-state index < -0.39 is 54.6 Å². The second-order valence-electron chi connectivity index (χ2n) is 6.88. The Balaban J connectivity index is 2.43. The fraction of sp³-hybridized carbons (Fsp3) is 0.476. The third-order valence-corrected chi connectivity index (χ3v) is 4.30. The quantitative estimate of drug-likeness (QED) is 0.233. The van der Waals surface area contributed by atoms with Crippen LogP contribution in [0.5, 0.6) is 5.75 Å². The molecule has 11 nitrogen and oxygen atoms in total. The first-order valence-electron chi connectivity index (χ1n) is 9.75. The van der Waals surface area contributed by atoms with E-state index in [9.17, 15) is 19.2 Å². The van der Waals surface area contributed by atoms with Crippen molar-refractivity contribution in [2.75, 3.05) is 6.61 Å². The molecular formula is C21H23NO10S.